The number of rotatable bonds is 1. The molecule has 0 saturated carbocycles. The summed E-state index contributed by atoms with van der Waals surface area (Å²) >= 11 is 0. The van der Waals surface area contributed by atoms with Gasteiger partial charge in [0.15, 0.2) is 0 Å². The van der Waals surface area contributed by atoms with Crippen LogP contribution in [-0.2, 0) is 23.2 Å². The number of fused-ring (bicyclic) bond motifs is 2. The number of amides is 1. The van der Waals surface area contributed by atoms with Gasteiger partial charge in [0.25, 0.3) is 0 Å². The van der Waals surface area contributed by atoms with Crippen molar-refractivity contribution in [2.75, 3.05) is 13.1 Å². The molecule has 0 fully saturated rings. The molecule has 4 rings (SSSR count). The van der Waals surface area contributed by atoms with Crippen LogP contribution in [0.5, 0.6) is 0 Å². The van der Waals surface area contributed by atoms with E-state index in [-0.39, 0.29) is 17.4 Å². The fourth-order valence-electron chi connectivity index (χ4n) is 3.95. The maximum Gasteiger partial charge on any atom is 0.244 e. The first-order valence-corrected chi connectivity index (χ1v) is 8.45. The minimum atomic E-state index is -0.321. The molecule has 2 aliphatic heterocycles. The number of benzene rings is 1. The average molecular weight is 322 g/mol. The SMILES string of the molecule is CC1(C)CN(C(=O)C2NCc3ncncc32)CCc2ccccc21. The number of carbonyl (C=O) groups is 1. The first-order chi connectivity index (χ1) is 11.6. The van der Waals surface area contributed by atoms with Crippen molar-refractivity contribution in [3.8, 4) is 0 Å². The molecule has 3 heterocycles. The molecule has 0 aliphatic carbocycles. The van der Waals surface area contributed by atoms with E-state index < -0.39 is 0 Å². The molecule has 24 heavy (non-hydrogen) atoms. The second-order valence-electron chi connectivity index (χ2n) is 7.29. The van der Waals surface area contributed by atoms with Gasteiger partial charge in [-0.05, 0) is 17.5 Å². The lowest BCUT2D eigenvalue weighted by Crippen LogP contribution is -2.44. The Morgan fingerprint density at radius 2 is 2.17 bits per heavy atom. The lowest BCUT2D eigenvalue weighted by atomic mass is 9.82. The first kappa shape index (κ1) is 15.3. The van der Waals surface area contributed by atoms with E-state index in [1.807, 2.05) is 4.90 Å². The summed E-state index contributed by atoms with van der Waals surface area (Å²) in [5, 5.41) is 3.29. The van der Waals surface area contributed by atoms with Crippen LogP contribution in [0.2, 0.25) is 0 Å². The summed E-state index contributed by atoms with van der Waals surface area (Å²) in [5.74, 6) is 0.129. The predicted molar refractivity (Wildman–Crippen MR) is 91.4 cm³/mol. The normalized spacial score (nSPS) is 21.8. The van der Waals surface area contributed by atoms with Gasteiger partial charge in [0.1, 0.15) is 12.4 Å². The van der Waals surface area contributed by atoms with E-state index >= 15 is 0 Å². The van der Waals surface area contributed by atoms with E-state index in [4.69, 9.17) is 0 Å². The highest BCUT2D eigenvalue weighted by Crippen LogP contribution is 2.33. The molecule has 124 valence electrons. The Bertz CT molecular complexity index is 786. The van der Waals surface area contributed by atoms with Crippen LogP contribution in [0, 0.1) is 0 Å². The molecule has 5 nitrogen and oxygen atoms in total. The van der Waals surface area contributed by atoms with Gasteiger partial charge < -0.3 is 4.90 Å². The number of hydrogen-bond acceptors (Lipinski definition) is 4. The van der Waals surface area contributed by atoms with Crippen LogP contribution in [0.25, 0.3) is 0 Å². The molecule has 1 aromatic carbocycles. The van der Waals surface area contributed by atoms with Crippen LogP contribution in [0.4, 0.5) is 0 Å². The van der Waals surface area contributed by atoms with E-state index in [0.717, 1.165) is 30.8 Å². The maximum absolute atomic E-state index is 13.2. The van der Waals surface area contributed by atoms with Crippen molar-refractivity contribution in [3.05, 3.63) is 59.2 Å². The van der Waals surface area contributed by atoms with Gasteiger partial charge in [0.2, 0.25) is 5.91 Å². The zero-order valence-electron chi connectivity index (χ0n) is 14.1. The number of carbonyl (C=O) groups excluding carboxylic acids is 1. The quantitative estimate of drug-likeness (QED) is 0.872. The van der Waals surface area contributed by atoms with Crippen LogP contribution < -0.4 is 5.32 Å². The Kier molecular flexibility index (Phi) is 3.61. The van der Waals surface area contributed by atoms with E-state index in [0.29, 0.717) is 6.54 Å². The van der Waals surface area contributed by atoms with Crippen molar-refractivity contribution in [2.24, 2.45) is 0 Å². The summed E-state index contributed by atoms with van der Waals surface area (Å²) in [4.78, 5) is 23.5. The van der Waals surface area contributed by atoms with Crippen LogP contribution in [-0.4, -0.2) is 33.9 Å². The minimum absolute atomic E-state index is 0.0582. The van der Waals surface area contributed by atoms with Crippen molar-refractivity contribution in [1.29, 1.82) is 0 Å². The fraction of sp³-hybridized carbons (Fsp3) is 0.421. The third-order valence-corrected chi connectivity index (χ3v) is 5.15. The molecule has 2 aromatic rings. The van der Waals surface area contributed by atoms with Gasteiger partial charge in [-0.1, -0.05) is 38.1 Å². The first-order valence-electron chi connectivity index (χ1n) is 8.45. The highest BCUT2D eigenvalue weighted by atomic mass is 16.2. The van der Waals surface area contributed by atoms with Gasteiger partial charge in [-0.15, -0.1) is 0 Å². The lowest BCUT2D eigenvalue weighted by molar-refractivity contribution is -0.134. The number of aromatic nitrogens is 2. The summed E-state index contributed by atoms with van der Waals surface area (Å²) in [6.45, 7) is 6.55. The smallest absolute Gasteiger partial charge is 0.244 e. The molecule has 0 spiro atoms. The molecule has 2 aliphatic rings. The van der Waals surface area contributed by atoms with Crippen LogP contribution in [0.1, 0.15) is 42.3 Å². The van der Waals surface area contributed by atoms with Crippen LogP contribution in [0.3, 0.4) is 0 Å². The number of nitrogens with zero attached hydrogens (tertiary/aromatic N) is 3. The van der Waals surface area contributed by atoms with E-state index in [1.165, 1.54) is 11.1 Å². The second kappa shape index (κ2) is 5.67. The monoisotopic (exact) mass is 322 g/mol. The summed E-state index contributed by atoms with van der Waals surface area (Å²) < 4.78 is 0. The molecule has 1 amide bonds. The summed E-state index contributed by atoms with van der Waals surface area (Å²) in [6.07, 6.45) is 4.21. The molecule has 1 unspecified atom stereocenters. The van der Waals surface area contributed by atoms with Crippen LogP contribution in [0.15, 0.2) is 36.8 Å². The van der Waals surface area contributed by atoms with Crippen molar-refractivity contribution < 1.29 is 4.79 Å². The molecule has 0 bridgehead atoms. The Labute approximate surface area is 142 Å². The van der Waals surface area contributed by atoms with Gasteiger partial charge in [0.05, 0.1) is 5.69 Å². The van der Waals surface area contributed by atoms with Gasteiger partial charge in [-0.3, -0.25) is 10.1 Å². The number of hydrogen-bond donors (Lipinski definition) is 1. The molecule has 0 radical (unpaired) electrons. The zero-order chi connectivity index (χ0) is 16.7. The highest BCUT2D eigenvalue weighted by Gasteiger charge is 2.37. The van der Waals surface area contributed by atoms with Crippen molar-refractivity contribution in [1.82, 2.24) is 20.2 Å². The van der Waals surface area contributed by atoms with E-state index in [9.17, 15) is 4.79 Å². The van der Waals surface area contributed by atoms with Crippen molar-refractivity contribution in [2.45, 2.75) is 38.3 Å². The minimum Gasteiger partial charge on any atom is -0.340 e. The van der Waals surface area contributed by atoms with Gasteiger partial charge in [-0.2, -0.15) is 0 Å². The Balaban J connectivity index is 1.61. The number of nitrogens with one attached hydrogen (secondary N) is 1. The fourth-order valence-corrected chi connectivity index (χ4v) is 3.95. The molecule has 1 N–H and O–H groups in total. The predicted octanol–water partition coefficient (Wildman–Crippen LogP) is 1.98. The Morgan fingerprint density at radius 1 is 1.33 bits per heavy atom. The van der Waals surface area contributed by atoms with Gasteiger partial charge in [0, 0.05) is 36.8 Å². The third-order valence-electron chi connectivity index (χ3n) is 5.15. The van der Waals surface area contributed by atoms with Gasteiger partial charge in [-0.25, -0.2) is 9.97 Å². The maximum atomic E-state index is 13.2. The molecular weight excluding hydrogens is 300 g/mol. The van der Waals surface area contributed by atoms with Crippen molar-refractivity contribution >= 4 is 5.91 Å². The zero-order valence-corrected chi connectivity index (χ0v) is 14.1. The van der Waals surface area contributed by atoms with Gasteiger partial charge >= 0.3 is 0 Å². The standard InChI is InChI=1S/C19H22N4O/c1-19(2)11-23(8-7-13-5-3-4-6-15(13)19)18(24)17-14-9-20-12-22-16(14)10-21-17/h3-6,9,12,17,21H,7-8,10-11H2,1-2H3. The molecule has 0 saturated heterocycles. The second-order valence-corrected chi connectivity index (χ2v) is 7.29. The molecule has 5 heteroatoms. The Hall–Kier alpha value is -2.27. The summed E-state index contributed by atoms with van der Waals surface area (Å²) in [5.41, 5.74) is 4.49. The average Bonchev–Trinajstić information content (AvgIpc) is 2.96. The Morgan fingerprint density at radius 3 is 3.04 bits per heavy atom. The highest BCUT2D eigenvalue weighted by molar-refractivity contribution is 5.84. The van der Waals surface area contributed by atoms with Crippen LogP contribution >= 0.6 is 0 Å². The molecular formula is C19H22N4O. The summed E-state index contributed by atoms with van der Waals surface area (Å²) in [7, 11) is 0. The summed E-state index contributed by atoms with van der Waals surface area (Å²) in [6, 6.07) is 8.23. The lowest BCUT2D eigenvalue weighted by Gasteiger charge is -2.32. The largest absolute Gasteiger partial charge is 0.340 e. The van der Waals surface area contributed by atoms with E-state index in [1.54, 1.807) is 12.5 Å². The molecule has 1 atom stereocenters. The third kappa shape index (κ3) is 2.49. The van der Waals surface area contributed by atoms with E-state index in [2.05, 4.69) is 53.4 Å². The topological polar surface area (TPSA) is 58.1 Å². The van der Waals surface area contributed by atoms with Crippen molar-refractivity contribution in [3.63, 3.8) is 0 Å². The molecule has 1 aromatic heterocycles.